The molecule has 4 heteroatoms. The molecule has 15 heavy (non-hydrogen) atoms. The summed E-state index contributed by atoms with van der Waals surface area (Å²) in [5, 5.41) is 10.7. The smallest absolute Gasteiger partial charge is 0.215 e. The molecule has 1 aromatic carbocycles. The molecule has 0 bridgehead atoms. The van der Waals surface area contributed by atoms with Crippen molar-refractivity contribution in [2.24, 2.45) is 0 Å². The number of hydrogen-bond donors (Lipinski definition) is 1. The average molecular weight is 226 g/mol. The van der Waals surface area contributed by atoms with Crippen LogP contribution >= 0.6 is 0 Å². The predicted octanol–water partition coefficient (Wildman–Crippen LogP) is 1.35. The summed E-state index contributed by atoms with van der Waals surface area (Å²) in [4.78, 5) is 0. The van der Waals surface area contributed by atoms with Crippen molar-refractivity contribution in [1.29, 1.82) is 0 Å². The first-order chi connectivity index (χ1) is 7.19. The van der Waals surface area contributed by atoms with Gasteiger partial charge in [-0.15, -0.1) is 0 Å². The molecule has 1 aromatic rings. The van der Waals surface area contributed by atoms with Crippen molar-refractivity contribution in [1.82, 2.24) is 0 Å². The maximum absolute atomic E-state index is 9.71. The van der Waals surface area contributed by atoms with Crippen LogP contribution in [0.25, 0.3) is 0 Å². The van der Waals surface area contributed by atoms with E-state index < -0.39 is 9.04 Å². The first-order valence-corrected chi connectivity index (χ1v) is 7.01. The summed E-state index contributed by atoms with van der Waals surface area (Å²) >= 11 is 0. The Balaban J connectivity index is 2.78. The van der Waals surface area contributed by atoms with E-state index in [1.165, 1.54) is 0 Å². The summed E-state index contributed by atoms with van der Waals surface area (Å²) in [5.74, 6) is 0.333. The highest BCUT2D eigenvalue weighted by atomic mass is 28.3. The van der Waals surface area contributed by atoms with Gasteiger partial charge in [0.1, 0.15) is 12.0 Å². The topological polar surface area (TPSA) is 38.7 Å². The number of aromatic hydroxyl groups is 1. The number of phenols is 1. The van der Waals surface area contributed by atoms with Crippen molar-refractivity contribution >= 4 is 14.2 Å². The Morgan fingerprint density at radius 1 is 1.40 bits per heavy atom. The number of rotatable bonds is 5. The molecule has 0 aliphatic heterocycles. The molecular formula is C11H18O3Si. The van der Waals surface area contributed by atoms with E-state index >= 15 is 0 Å². The molecule has 0 fully saturated rings. The molecule has 0 saturated heterocycles. The van der Waals surface area contributed by atoms with E-state index in [1.807, 2.05) is 25.1 Å². The predicted molar refractivity (Wildman–Crippen MR) is 62.9 cm³/mol. The van der Waals surface area contributed by atoms with Crippen molar-refractivity contribution in [3.63, 3.8) is 0 Å². The Kier molecular flexibility index (Phi) is 4.81. The van der Waals surface area contributed by atoms with Crippen LogP contribution in [0, 0.1) is 0 Å². The Hall–Kier alpha value is -0.843. The molecular weight excluding hydrogens is 208 g/mol. The van der Waals surface area contributed by atoms with E-state index in [0.717, 1.165) is 11.2 Å². The second-order valence-corrected chi connectivity index (χ2v) is 6.08. The summed E-state index contributed by atoms with van der Waals surface area (Å²) in [6, 6.07) is 8.31. The monoisotopic (exact) mass is 226 g/mol. The number of para-hydroxylation sites is 1. The van der Waals surface area contributed by atoms with Gasteiger partial charge in [0, 0.05) is 12.3 Å². The first-order valence-electron chi connectivity index (χ1n) is 5.15. The van der Waals surface area contributed by atoms with Crippen molar-refractivity contribution in [2.75, 3.05) is 7.11 Å². The molecule has 2 atom stereocenters. The molecule has 0 aromatic heterocycles. The van der Waals surface area contributed by atoms with Gasteiger partial charge in [-0.1, -0.05) is 25.1 Å². The molecule has 0 aliphatic rings. The maximum atomic E-state index is 9.71. The molecule has 0 amide bonds. The number of methoxy groups -OCH3 is 1. The Morgan fingerprint density at radius 2 is 2.07 bits per heavy atom. The van der Waals surface area contributed by atoms with Crippen LogP contribution < -0.4 is 5.19 Å². The van der Waals surface area contributed by atoms with Gasteiger partial charge < -0.3 is 14.3 Å². The SMILES string of the molecule is CC[SiH](OC(C)OC)c1ccccc1O. The lowest BCUT2D eigenvalue weighted by Gasteiger charge is -2.20. The van der Waals surface area contributed by atoms with Crippen LogP contribution in [0.5, 0.6) is 5.75 Å². The van der Waals surface area contributed by atoms with Crippen LogP contribution in [-0.4, -0.2) is 27.5 Å². The fraction of sp³-hybridized carbons (Fsp3) is 0.455. The van der Waals surface area contributed by atoms with Crippen molar-refractivity contribution in [3.8, 4) is 5.75 Å². The molecule has 3 nitrogen and oxygen atoms in total. The Labute approximate surface area is 92.4 Å². The van der Waals surface area contributed by atoms with Crippen LogP contribution in [0.3, 0.4) is 0 Å². The third kappa shape index (κ3) is 3.34. The van der Waals surface area contributed by atoms with E-state index in [4.69, 9.17) is 9.16 Å². The van der Waals surface area contributed by atoms with Gasteiger partial charge in [0.25, 0.3) is 0 Å². The van der Waals surface area contributed by atoms with E-state index in [2.05, 4.69) is 6.92 Å². The van der Waals surface area contributed by atoms with Crippen LogP contribution in [0.2, 0.25) is 6.04 Å². The lowest BCUT2D eigenvalue weighted by atomic mass is 10.3. The fourth-order valence-corrected chi connectivity index (χ4v) is 3.54. The normalized spacial score (nSPS) is 14.9. The van der Waals surface area contributed by atoms with Gasteiger partial charge in [-0.3, -0.25) is 0 Å². The third-order valence-electron chi connectivity index (χ3n) is 2.34. The summed E-state index contributed by atoms with van der Waals surface area (Å²) in [6.07, 6.45) is -0.207. The molecule has 1 N–H and O–H groups in total. The Bertz CT molecular complexity index is 304. The molecule has 84 valence electrons. The van der Waals surface area contributed by atoms with Gasteiger partial charge in [-0.25, -0.2) is 0 Å². The first kappa shape index (κ1) is 12.2. The molecule has 0 spiro atoms. The number of ether oxygens (including phenoxy) is 1. The van der Waals surface area contributed by atoms with Crippen molar-refractivity contribution in [2.45, 2.75) is 26.2 Å². The minimum atomic E-state index is -1.56. The zero-order chi connectivity index (χ0) is 11.3. The lowest BCUT2D eigenvalue weighted by molar-refractivity contribution is -0.0397. The molecule has 0 saturated carbocycles. The summed E-state index contributed by atoms with van der Waals surface area (Å²) in [6.45, 7) is 3.95. The van der Waals surface area contributed by atoms with E-state index in [-0.39, 0.29) is 6.29 Å². The van der Waals surface area contributed by atoms with E-state index in [9.17, 15) is 5.11 Å². The van der Waals surface area contributed by atoms with Crippen LogP contribution in [-0.2, 0) is 9.16 Å². The largest absolute Gasteiger partial charge is 0.508 e. The van der Waals surface area contributed by atoms with Gasteiger partial charge in [0.2, 0.25) is 9.04 Å². The minimum Gasteiger partial charge on any atom is -0.508 e. The summed E-state index contributed by atoms with van der Waals surface area (Å²) < 4.78 is 10.8. The molecule has 0 heterocycles. The molecule has 2 unspecified atom stereocenters. The zero-order valence-electron chi connectivity index (χ0n) is 9.43. The van der Waals surface area contributed by atoms with Crippen molar-refractivity contribution < 1.29 is 14.3 Å². The second-order valence-electron chi connectivity index (χ2n) is 3.40. The summed E-state index contributed by atoms with van der Waals surface area (Å²) in [5.41, 5.74) is 0. The van der Waals surface area contributed by atoms with Gasteiger partial charge in [0.15, 0.2) is 0 Å². The highest BCUT2D eigenvalue weighted by Crippen LogP contribution is 2.09. The van der Waals surface area contributed by atoms with Crippen LogP contribution in [0.15, 0.2) is 24.3 Å². The van der Waals surface area contributed by atoms with Crippen molar-refractivity contribution in [3.05, 3.63) is 24.3 Å². The third-order valence-corrected chi connectivity index (χ3v) is 4.98. The maximum Gasteiger partial charge on any atom is 0.215 e. The zero-order valence-corrected chi connectivity index (χ0v) is 10.6. The van der Waals surface area contributed by atoms with E-state index in [0.29, 0.717) is 5.75 Å². The number of hydrogen-bond acceptors (Lipinski definition) is 3. The van der Waals surface area contributed by atoms with Gasteiger partial charge in [0.05, 0.1) is 0 Å². The summed E-state index contributed by atoms with van der Waals surface area (Å²) in [7, 11) is 0.0605. The van der Waals surface area contributed by atoms with Gasteiger partial charge in [-0.2, -0.15) is 0 Å². The van der Waals surface area contributed by atoms with Gasteiger partial charge in [-0.05, 0) is 19.0 Å². The molecule has 1 rings (SSSR count). The minimum absolute atomic E-state index is 0.207. The van der Waals surface area contributed by atoms with Gasteiger partial charge >= 0.3 is 0 Å². The highest BCUT2D eigenvalue weighted by Gasteiger charge is 2.18. The second kappa shape index (κ2) is 5.90. The molecule has 0 radical (unpaired) electrons. The van der Waals surface area contributed by atoms with E-state index in [1.54, 1.807) is 13.2 Å². The highest BCUT2D eigenvalue weighted by molar-refractivity contribution is 6.68. The average Bonchev–Trinajstić information content (AvgIpc) is 2.26. The van der Waals surface area contributed by atoms with Crippen LogP contribution in [0.4, 0.5) is 0 Å². The quantitative estimate of drug-likeness (QED) is 0.608. The molecule has 0 aliphatic carbocycles. The number of benzene rings is 1. The van der Waals surface area contributed by atoms with Crippen LogP contribution in [0.1, 0.15) is 13.8 Å². The lowest BCUT2D eigenvalue weighted by Crippen LogP contribution is -2.36. The standard InChI is InChI=1S/C11H18O3Si/c1-4-15(14-9(2)13-3)11-8-6-5-7-10(11)12/h5-9,12,15H,4H2,1-3H3. The Morgan fingerprint density at radius 3 is 2.60 bits per heavy atom. The number of phenolic OH excluding ortho intramolecular Hbond substituents is 1. The fourth-order valence-electron chi connectivity index (χ4n) is 1.44.